The van der Waals surface area contributed by atoms with Gasteiger partial charge in [-0.1, -0.05) is 30.3 Å². The predicted molar refractivity (Wildman–Crippen MR) is 74.5 cm³/mol. The second-order valence-electron chi connectivity index (χ2n) is 4.13. The minimum absolute atomic E-state index is 0.269. The van der Waals surface area contributed by atoms with E-state index in [1.807, 2.05) is 54.6 Å². The maximum atomic E-state index is 9.35. The fourth-order valence-corrected chi connectivity index (χ4v) is 1.61. The minimum atomic E-state index is -0.787. The largest absolute Gasteiger partial charge is 0.455 e. The van der Waals surface area contributed by atoms with Crippen LogP contribution < -0.4 is 10.1 Å². The molecule has 0 aliphatic rings. The van der Waals surface area contributed by atoms with E-state index in [2.05, 4.69) is 5.32 Å². The van der Waals surface area contributed by atoms with E-state index in [0.29, 0.717) is 5.75 Å². The van der Waals surface area contributed by atoms with Crippen LogP contribution in [0.25, 0.3) is 0 Å². The lowest BCUT2D eigenvalue weighted by Crippen LogP contribution is -2.23. The zero-order chi connectivity index (χ0) is 13.5. The summed E-state index contributed by atoms with van der Waals surface area (Å²) in [5.41, 5.74) is 0.777. The molecule has 4 nitrogen and oxygen atoms in total. The number of hydrogen-bond donors (Lipinski definition) is 3. The number of hydrogen-bond acceptors (Lipinski definition) is 4. The Hall–Kier alpha value is -2.04. The molecule has 2 aromatic rings. The first kappa shape index (κ1) is 13.4. The summed E-state index contributed by atoms with van der Waals surface area (Å²) >= 11 is 0. The zero-order valence-electron chi connectivity index (χ0n) is 10.5. The number of para-hydroxylation sites is 3. The molecule has 0 aliphatic heterocycles. The van der Waals surface area contributed by atoms with Crippen LogP contribution in [-0.2, 0) is 0 Å². The van der Waals surface area contributed by atoms with Gasteiger partial charge in [-0.15, -0.1) is 0 Å². The topological polar surface area (TPSA) is 61.7 Å². The highest BCUT2D eigenvalue weighted by Gasteiger charge is 2.06. The number of nitrogens with one attached hydrogen (secondary N) is 1. The Bertz CT molecular complexity index is 502. The molecule has 0 saturated carbocycles. The molecular weight excluding hydrogens is 242 g/mol. The van der Waals surface area contributed by atoms with Crippen LogP contribution in [-0.4, -0.2) is 29.5 Å². The normalized spacial score (nSPS) is 11.9. The van der Waals surface area contributed by atoms with Crippen LogP contribution in [0, 0.1) is 0 Å². The lowest BCUT2D eigenvalue weighted by atomic mass is 10.2. The van der Waals surface area contributed by atoms with Crippen LogP contribution in [0.3, 0.4) is 0 Å². The Balaban J connectivity index is 2.08. The van der Waals surface area contributed by atoms with Gasteiger partial charge in [-0.3, -0.25) is 0 Å². The first-order valence-electron chi connectivity index (χ1n) is 6.14. The Morgan fingerprint density at radius 2 is 1.68 bits per heavy atom. The molecule has 3 N–H and O–H groups in total. The highest BCUT2D eigenvalue weighted by molar-refractivity contribution is 5.57. The van der Waals surface area contributed by atoms with Crippen LogP contribution in [0.2, 0.25) is 0 Å². The van der Waals surface area contributed by atoms with E-state index in [-0.39, 0.29) is 13.2 Å². The number of aliphatic hydroxyl groups excluding tert-OH is 2. The number of ether oxygens (including phenoxy) is 1. The quantitative estimate of drug-likeness (QED) is 0.744. The molecule has 4 heteroatoms. The average molecular weight is 259 g/mol. The van der Waals surface area contributed by atoms with E-state index >= 15 is 0 Å². The van der Waals surface area contributed by atoms with Crippen molar-refractivity contribution in [3.8, 4) is 11.5 Å². The summed E-state index contributed by atoms with van der Waals surface area (Å²) in [6, 6.07) is 17.0. The van der Waals surface area contributed by atoms with Gasteiger partial charge in [-0.25, -0.2) is 0 Å². The van der Waals surface area contributed by atoms with Crippen molar-refractivity contribution < 1.29 is 14.9 Å². The van der Waals surface area contributed by atoms with E-state index in [1.54, 1.807) is 0 Å². The summed E-state index contributed by atoms with van der Waals surface area (Å²) in [5, 5.41) is 21.2. The fraction of sp³-hybridized carbons (Fsp3) is 0.200. The highest BCUT2D eigenvalue weighted by Crippen LogP contribution is 2.28. The van der Waals surface area contributed by atoms with Crippen LogP contribution >= 0.6 is 0 Å². The molecule has 2 aromatic carbocycles. The van der Waals surface area contributed by atoms with Gasteiger partial charge in [0, 0.05) is 6.54 Å². The standard InChI is InChI=1S/C15H17NO3/c17-11-12(18)10-16-14-8-4-5-9-15(14)19-13-6-2-1-3-7-13/h1-9,12,16-18H,10-11H2/t12-/m0/s1. The van der Waals surface area contributed by atoms with Crippen molar-refractivity contribution in [2.45, 2.75) is 6.10 Å². The van der Waals surface area contributed by atoms with Crippen molar-refractivity contribution in [2.24, 2.45) is 0 Å². The molecule has 0 radical (unpaired) electrons. The number of anilines is 1. The van der Waals surface area contributed by atoms with E-state index in [4.69, 9.17) is 9.84 Å². The molecule has 0 spiro atoms. The fourth-order valence-electron chi connectivity index (χ4n) is 1.61. The second kappa shape index (κ2) is 6.78. The molecule has 0 unspecified atom stereocenters. The van der Waals surface area contributed by atoms with Gasteiger partial charge in [0.05, 0.1) is 18.4 Å². The van der Waals surface area contributed by atoms with Crippen molar-refractivity contribution in [1.29, 1.82) is 0 Å². The maximum absolute atomic E-state index is 9.35. The third kappa shape index (κ3) is 3.98. The Morgan fingerprint density at radius 3 is 2.42 bits per heavy atom. The van der Waals surface area contributed by atoms with Crippen LogP contribution in [0.4, 0.5) is 5.69 Å². The van der Waals surface area contributed by atoms with Crippen LogP contribution in [0.1, 0.15) is 0 Å². The van der Waals surface area contributed by atoms with Gasteiger partial charge in [-0.05, 0) is 24.3 Å². The molecule has 0 aromatic heterocycles. The molecule has 2 rings (SSSR count). The van der Waals surface area contributed by atoms with Gasteiger partial charge < -0.3 is 20.3 Å². The third-order valence-electron chi connectivity index (χ3n) is 2.60. The molecule has 0 fully saturated rings. The maximum Gasteiger partial charge on any atom is 0.150 e. The second-order valence-corrected chi connectivity index (χ2v) is 4.13. The summed E-state index contributed by atoms with van der Waals surface area (Å²) in [6.45, 7) is 0.000369. The molecule has 0 saturated heterocycles. The van der Waals surface area contributed by atoms with Crippen LogP contribution in [0.5, 0.6) is 11.5 Å². The van der Waals surface area contributed by atoms with Gasteiger partial charge in [0.15, 0.2) is 5.75 Å². The van der Waals surface area contributed by atoms with Gasteiger partial charge in [0.25, 0.3) is 0 Å². The minimum Gasteiger partial charge on any atom is -0.455 e. The Kier molecular flexibility index (Phi) is 4.78. The van der Waals surface area contributed by atoms with Crippen molar-refractivity contribution in [3.63, 3.8) is 0 Å². The lowest BCUT2D eigenvalue weighted by Gasteiger charge is -2.14. The molecule has 0 bridgehead atoms. The van der Waals surface area contributed by atoms with Gasteiger partial charge >= 0.3 is 0 Å². The molecule has 19 heavy (non-hydrogen) atoms. The summed E-state index contributed by atoms with van der Waals surface area (Å²) in [7, 11) is 0. The molecule has 1 atom stereocenters. The summed E-state index contributed by atoms with van der Waals surface area (Å²) < 4.78 is 5.77. The van der Waals surface area contributed by atoms with Gasteiger partial charge in [0.2, 0.25) is 0 Å². The highest BCUT2D eigenvalue weighted by atomic mass is 16.5. The third-order valence-corrected chi connectivity index (χ3v) is 2.60. The van der Waals surface area contributed by atoms with Gasteiger partial charge in [0.1, 0.15) is 5.75 Å². The van der Waals surface area contributed by atoms with Crippen molar-refractivity contribution in [2.75, 3.05) is 18.5 Å². The summed E-state index contributed by atoms with van der Waals surface area (Å²) in [6.07, 6.45) is -0.787. The van der Waals surface area contributed by atoms with Crippen molar-refractivity contribution in [1.82, 2.24) is 0 Å². The number of rotatable bonds is 6. The van der Waals surface area contributed by atoms with Crippen molar-refractivity contribution >= 4 is 5.69 Å². The lowest BCUT2D eigenvalue weighted by molar-refractivity contribution is 0.105. The van der Waals surface area contributed by atoms with Gasteiger partial charge in [-0.2, -0.15) is 0 Å². The van der Waals surface area contributed by atoms with Crippen molar-refractivity contribution in [3.05, 3.63) is 54.6 Å². The summed E-state index contributed by atoms with van der Waals surface area (Å²) in [5.74, 6) is 1.43. The predicted octanol–water partition coefficient (Wildman–Crippen LogP) is 2.24. The molecule has 0 heterocycles. The van der Waals surface area contributed by atoms with E-state index in [0.717, 1.165) is 11.4 Å². The Labute approximate surface area is 112 Å². The molecular formula is C15H17NO3. The monoisotopic (exact) mass is 259 g/mol. The molecule has 100 valence electrons. The molecule has 0 aliphatic carbocycles. The van der Waals surface area contributed by atoms with Crippen LogP contribution in [0.15, 0.2) is 54.6 Å². The first-order chi connectivity index (χ1) is 9.29. The van der Waals surface area contributed by atoms with E-state index in [1.165, 1.54) is 0 Å². The number of benzene rings is 2. The molecule has 0 amide bonds. The first-order valence-corrected chi connectivity index (χ1v) is 6.14. The number of aliphatic hydroxyl groups is 2. The van der Waals surface area contributed by atoms with E-state index < -0.39 is 6.10 Å². The zero-order valence-corrected chi connectivity index (χ0v) is 10.5. The summed E-state index contributed by atoms with van der Waals surface area (Å²) in [4.78, 5) is 0. The smallest absolute Gasteiger partial charge is 0.150 e. The average Bonchev–Trinajstić information content (AvgIpc) is 2.47. The Morgan fingerprint density at radius 1 is 1.00 bits per heavy atom. The van der Waals surface area contributed by atoms with E-state index in [9.17, 15) is 5.11 Å². The SMILES string of the molecule is OC[C@@H](O)CNc1ccccc1Oc1ccccc1.